The second kappa shape index (κ2) is 11.6. The van der Waals surface area contributed by atoms with E-state index in [1.807, 2.05) is 38.1 Å². The Balaban J connectivity index is 1.94. The summed E-state index contributed by atoms with van der Waals surface area (Å²) in [6, 6.07) is 12.8. The highest BCUT2D eigenvalue weighted by Gasteiger charge is 2.16. The van der Waals surface area contributed by atoms with Crippen molar-refractivity contribution in [2.75, 3.05) is 13.2 Å². The van der Waals surface area contributed by atoms with E-state index in [9.17, 15) is 9.59 Å². The molecule has 0 aliphatic heterocycles. The summed E-state index contributed by atoms with van der Waals surface area (Å²) in [5.41, 5.74) is 6.19. The van der Waals surface area contributed by atoms with Crippen molar-refractivity contribution < 1.29 is 19.1 Å². The summed E-state index contributed by atoms with van der Waals surface area (Å²) in [6.07, 6.45) is 0.969. The lowest BCUT2D eigenvalue weighted by atomic mass is 9.98. The lowest BCUT2D eigenvalue weighted by Crippen LogP contribution is -2.44. The van der Waals surface area contributed by atoms with Crippen LogP contribution in [0, 0.1) is 5.92 Å². The molecule has 0 saturated carbocycles. The van der Waals surface area contributed by atoms with Crippen LogP contribution >= 0.6 is 15.9 Å². The fourth-order valence-corrected chi connectivity index (χ4v) is 3.04. The summed E-state index contributed by atoms with van der Waals surface area (Å²) in [4.78, 5) is 24.7. The van der Waals surface area contributed by atoms with E-state index in [0.717, 1.165) is 16.5 Å². The highest BCUT2D eigenvalue weighted by Crippen LogP contribution is 2.28. The number of rotatable bonds is 9. The number of nitrogens with one attached hydrogen (secondary N) is 2. The SMILES string of the molecule is CCC(C)c1ccccc1OCC(=O)NNC(=O)c1cc(Br)ccc1OCC(C)C. The summed E-state index contributed by atoms with van der Waals surface area (Å²) in [7, 11) is 0. The van der Waals surface area contributed by atoms with E-state index in [1.54, 1.807) is 18.2 Å². The molecule has 0 heterocycles. The topological polar surface area (TPSA) is 76.7 Å². The van der Waals surface area contributed by atoms with Gasteiger partial charge in [-0.25, -0.2) is 0 Å². The number of hydrogen-bond donors (Lipinski definition) is 2. The molecule has 162 valence electrons. The molecule has 2 amide bonds. The van der Waals surface area contributed by atoms with Crippen LogP contribution in [-0.2, 0) is 4.79 Å². The summed E-state index contributed by atoms with van der Waals surface area (Å²) in [5.74, 6) is 0.844. The van der Waals surface area contributed by atoms with Crippen molar-refractivity contribution in [3.05, 3.63) is 58.1 Å². The van der Waals surface area contributed by atoms with E-state index in [-0.39, 0.29) is 6.61 Å². The maximum absolute atomic E-state index is 12.6. The fourth-order valence-electron chi connectivity index (χ4n) is 2.67. The molecule has 0 bridgehead atoms. The highest BCUT2D eigenvalue weighted by atomic mass is 79.9. The predicted molar refractivity (Wildman–Crippen MR) is 121 cm³/mol. The Morgan fingerprint density at radius 2 is 1.73 bits per heavy atom. The molecular formula is C23H29BrN2O4. The number of carbonyl (C=O) groups is 2. The average molecular weight is 477 g/mol. The first-order valence-corrected chi connectivity index (χ1v) is 10.8. The average Bonchev–Trinajstić information content (AvgIpc) is 2.74. The van der Waals surface area contributed by atoms with E-state index >= 15 is 0 Å². The van der Waals surface area contributed by atoms with Crippen LogP contribution in [0.25, 0.3) is 0 Å². The van der Waals surface area contributed by atoms with Crippen LogP contribution in [0.15, 0.2) is 46.9 Å². The number of hydrogen-bond acceptors (Lipinski definition) is 4. The number of hydrazine groups is 1. The summed E-state index contributed by atoms with van der Waals surface area (Å²) in [5, 5.41) is 0. The number of ether oxygens (including phenoxy) is 2. The largest absolute Gasteiger partial charge is 0.492 e. The first kappa shape index (κ1) is 23.7. The minimum atomic E-state index is -0.469. The number of amides is 2. The van der Waals surface area contributed by atoms with Crippen LogP contribution in [0.4, 0.5) is 0 Å². The van der Waals surface area contributed by atoms with E-state index in [4.69, 9.17) is 9.47 Å². The molecule has 0 radical (unpaired) electrons. The van der Waals surface area contributed by atoms with E-state index in [2.05, 4.69) is 40.6 Å². The van der Waals surface area contributed by atoms with Gasteiger partial charge in [0, 0.05) is 4.47 Å². The molecule has 2 aromatic rings. The van der Waals surface area contributed by atoms with Gasteiger partial charge in [-0.05, 0) is 48.1 Å². The zero-order valence-corrected chi connectivity index (χ0v) is 19.4. The zero-order chi connectivity index (χ0) is 22.1. The van der Waals surface area contributed by atoms with Crippen molar-refractivity contribution in [2.24, 2.45) is 5.92 Å². The Morgan fingerprint density at radius 3 is 2.43 bits per heavy atom. The van der Waals surface area contributed by atoms with E-state index < -0.39 is 11.8 Å². The van der Waals surface area contributed by atoms with Gasteiger partial charge >= 0.3 is 0 Å². The van der Waals surface area contributed by atoms with Gasteiger partial charge in [0.15, 0.2) is 6.61 Å². The Hall–Kier alpha value is -2.54. The highest BCUT2D eigenvalue weighted by molar-refractivity contribution is 9.10. The van der Waals surface area contributed by atoms with Gasteiger partial charge < -0.3 is 9.47 Å². The Morgan fingerprint density at radius 1 is 1.00 bits per heavy atom. The van der Waals surface area contributed by atoms with E-state index in [0.29, 0.717) is 35.5 Å². The smallest absolute Gasteiger partial charge is 0.276 e. The first-order valence-electron chi connectivity index (χ1n) is 10.0. The van der Waals surface area contributed by atoms with Crippen LogP contribution in [0.1, 0.15) is 56.0 Å². The van der Waals surface area contributed by atoms with Crippen molar-refractivity contribution in [1.82, 2.24) is 10.9 Å². The van der Waals surface area contributed by atoms with Crippen LogP contribution in [0.2, 0.25) is 0 Å². The third-order valence-corrected chi connectivity index (χ3v) is 4.99. The number of para-hydroxylation sites is 1. The number of carbonyl (C=O) groups excluding carboxylic acids is 2. The van der Waals surface area contributed by atoms with Gasteiger partial charge in [-0.15, -0.1) is 0 Å². The molecule has 2 rings (SSSR count). The van der Waals surface area contributed by atoms with Gasteiger partial charge in [-0.1, -0.05) is 61.8 Å². The minimum Gasteiger partial charge on any atom is -0.492 e. The molecule has 1 atom stereocenters. The van der Waals surface area contributed by atoms with Crippen molar-refractivity contribution in [1.29, 1.82) is 0 Å². The predicted octanol–water partition coefficient (Wildman–Crippen LogP) is 4.84. The molecule has 0 aromatic heterocycles. The van der Waals surface area contributed by atoms with Crippen molar-refractivity contribution in [3.63, 3.8) is 0 Å². The maximum Gasteiger partial charge on any atom is 0.276 e. The summed E-state index contributed by atoms with van der Waals surface area (Å²) >= 11 is 3.36. The van der Waals surface area contributed by atoms with Gasteiger partial charge in [-0.2, -0.15) is 0 Å². The lowest BCUT2D eigenvalue weighted by molar-refractivity contribution is -0.123. The standard InChI is InChI=1S/C23H29BrN2O4/c1-5-16(4)18-8-6-7-9-20(18)30-14-22(27)25-26-23(28)19-12-17(24)10-11-21(19)29-13-15(2)3/h6-12,15-16H,5,13-14H2,1-4H3,(H,25,27)(H,26,28). The molecule has 2 N–H and O–H groups in total. The summed E-state index contributed by atoms with van der Waals surface area (Å²) < 4.78 is 12.1. The molecule has 2 aromatic carbocycles. The van der Waals surface area contributed by atoms with Crippen LogP contribution in [0.3, 0.4) is 0 Å². The molecule has 0 fully saturated rings. The normalized spacial score (nSPS) is 11.7. The quantitative estimate of drug-likeness (QED) is 0.507. The molecule has 30 heavy (non-hydrogen) atoms. The van der Waals surface area contributed by atoms with Crippen LogP contribution < -0.4 is 20.3 Å². The fraction of sp³-hybridized carbons (Fsp3) is 0.391. The van der Waals surface area contributed by atoms with E-state index in [1.165, 1.54) is 0 Å². The molecule has 6 nitrogen and oxygen atoms in total. The molecule has 0 aliphatic carbocycles. The van der Waals surface area contributed by atoms with Crippen LogP contribution in [-0.4, -0.2) is 25.0 Å². The Bertz CT molecular complexity index is 870. The number of benzene rings is 2. The van der Waals surface area contributed by atoms with Crippen molar-refractivity contribution >= 4 is 27.7 Å². The van der Waals surface area contributed by atoms with Crippen LogP contribution in [0.5, 0.6) is 11.5 Å². The van der Waals surface area contributed by atoms with Gasteiger partial charge in [0.2, 0.25) is 0 Å². The number of halogens is 1. The first-order chi connectivity index (χ1) is 14.3. The Labute approximate surface area is 186 Å². The van der Waals surface area contributed by atoms with Crippen molar-refractivity contribution in [2.45, 2.75) is 40.0 Å². The monoisotopic (exact) mass is 476 g/mol. The van der Waals surface area contributed by atoms with Gasteiger partial charge in [-0.3, -0.25) is 20.4 Å². The van der Waals surface area contributed by atoms with Crippen molar-refractivity contribution in [3.8, 4) is 11.5 Å². The molecule has 0 aliphatic rings. The van der Waals surface area contributed by atoms with Gasteiger partial charge in [0.25, 0.3) is 11.8 Å². The molecule has 1 unspecified atom stereocenters. The van der Waals surface area contributed by atoms with Gasteiger partial charge in [0.05, 0.1) is 12.2 Å². The van der Waals surface area contributed by atoms with Gasteiger partial charge in [0.1, 0.15) is 11.5 Å². The summed E-state index contributed by atoms with van der Waals surface area (Å²) in [6.45, 7) is 8.54. The Kier molecular flexibility index (Phi) is 9.17. The second-order valence-corrected chi connectivity index (χ2v) is 8.40. The third-order valence-electron chi connectivity index (χ3n) is 4.49. The minimum absolute atomic E-state index is 0.205. The molecule has 0 saturated heterocycles. The molecular weight excluding hydrogens is 448 g/mol. The second-order valence-electron chi connectivity index (χ2n) is 7.48. The molecule has 0 spiro atoms. The lowest BCUT2D eigenvalue weighted by Gasteiger charge is -2.16. The molecule has 7 heteroatoms. The third kappa shape index (κ3) is 7.06. The zero-order valence-electron chi connectivity index (χ0n) is 17.8. The maximum atomic E-state index is 12.6.